The topological polar surface area (TPSA) is 49.3 Å². The van der Waals surface area contributed by atoms with Crippen molar-refractivity contribution < 1.29 is 9.90 Å². The summed E-state index contributed by atoms with van der Waals surface area (Å²) < 4.78 is 0. The molecule has 1 heterocycles. The fraction of sp³-hybridized carbons (Fsp3) is 0.417. The molecule has 0 amide bonds. The van der Waals surface area contributed by atoms with Gasteiger partial charge in [0.1, 0.15) is 5.41 Å². The van der Waals surface area contributed by atoms with E-state index in [0.29, 0.717) is 0 Å². The smallest absolute Gasteiger partial charge is 0.315 e. The number of allylic oxidation sites excluding steroid dienone is 2. The van der Waals surface area contributed by atoms with Crippen molar-refractivity contribution in [1.29, 1.82) is 0 Å². The van der Waals surface area contributed by atoms with E-state index in [1.807, 2.05) is 18.2 Å². The summed E-state index contributed by atoms with van der Waals surface area (Å²) in [5.74, 6) is -0.798. The highest BCUT2D eigenvalue weighted by Crippen LogP contribution is 2.33. The zero-order chi connectivity index (χ0) is 11.1. The van der Waals surface area contributed by atoms with Crippen LogP contribution in [0.15, 0.2) is 35.6 Å². The Labute approximate surface area is 89.2 Å². The van der Waals surface area contributed by atoms with Gasteiger partial charge < -0.3 is 10.4 Å². The molecule has 0 fully saturated rings. The maximum absolute atomic E-state index is 11.1. The van der Waals surface area contributed by atoms with Crippen molar-refractivity contribution in [2.75, 3.05) is 0 Å². The minimum atomic E-state index is -0.835. The maximum atomic E-state index is 11.1. The summed E-state index contributed by atoms with van der Waals surface area (Å²) in [5, 5.41) is 12.4. The molecule has 0 bridgehead atoms. The Balaban J connectivity index is 2.28. The Bertz CT molecular complexity index is 388. The lowest BCUT2D eigenvalue weighted by atomic mass is 9.89. The van der Waals surface area contributed by atoms with Crippen LogP contribution in [0.5, 0.6) is 0 Å². The van der Waals surface area contributed by atoms with Crippen LogP contribution in [-0.2, 0) is 4.79 Å². The highest BCUT2D eigenvalue weighted by atomic mass is 16.4. The Morgan fingerprint density at radius 1 is 1.60 bits per heavy atom. The number of hydrogen-bond acceptors (Lipinski definition) is 2. The molecule has 0 saturated heterocycles. The van der Waals surface area contributed by atoms with Gasteiger partial charge >= 0.3 is 5.97 Å². The van der Waals surface area contributed by atoms with Gasteiger partial charge in [0.05, 0.1) is 6.04 Å². The molecular formula is C12H15NO2. The van der Waals surface area contributed by atoms with Crippen molar-refractivity contribution in [2.24, 2.45) is 5.41 Å². The van der Waals surface area contributed by atoms with Gasteiger partial charge in [0, 0.05) is 5.70 Å². The summed E-state index contributed by atoms with van der Waals surface area (Å²) in [7, 11) is 0. The van der Waals surface area contributed by atoms with Crippen molar-refractivity contribution in [1.82, 2.24) is 5.32 Å². The number of aliphatic carboxylic acids is 1. The van der Waals surface area contributed by atoms with E-state index in [1.165, 1.54) is 5.57 Å². The van der Waals surface area contributed by atoms with Crippen molar-refractivity contribution in [3.05, 3.63) is 35.6 Å². The van der Waals surface area contributed by atoms with Gasteiger partial charge in [-0.05, 0) is 31.9 Å². The number of hydrogen-bond donors (Lipinski definition) is 2. The summed E-state index contributed by atoms with van der Waals surface area (Å²) >= 11 is 0. The first kappa shape index (κ1) is 10.0. The number of carbonyl (C=O) groups is 1. The number of nitrogens with one attached hydrogen (secondary N) is 1. The van der Waals surface area contributed by atoms with Crippen LogP contribution < -0.4 is 5.32 Å². The molecule has 0 spiro atoms. The molecule has 0 aromatic carbocycles. The lowest BCUT2D eigenvalue weighted by molar-refractivity contribution is -0.145. The summed E-state index contributed by atoms with van der Waals surface area (Å²) in [4.78, 5) is 11.1. The summed E-state index contributed by atoms with van der Waals surface area (Å²) in [6.07, 6.45) is 9.03. The van der Waals surface area contributed by atoms with E-state index >= 15 is 0 Å². The summed E-state index contributed by atoms with van der Waals surface area (Å²) in [5.41, 5.74) is 1.15. The van der Waals surface area contributed by atoms with Crippen LogP contribution in [0.3, 0.4) is 0 Å². The molecule has 1 aliphatic heterocycles. The van der Waals surface area contributed by atoms with Gasteiger partial charge in [-0.2, -0.15) is 0 Å². The highest BCUT2D eigenvalue weighted by molar-refractivity contribution is 5.78. The lowest BCUT2D eigenvalue weighted by Crippen LogP contribution is -2.35. The molecule has 2 N–H and O–H groups in total. The minimum Gasteiger partial charge on any atom is -0.481 e. The monoisotopic (exact) mass is 205 g/mol. The average Bonchev–Trinajstić information content (AvgIpc) is 2.61. The van der Waals surface area contributed by atoms with E-state index < -0.39 is 11.4 Å². The van der Waals surface area contributed by atoms with Crippen LogP contribution in [-0.4, -0.2) is 17.1 Å². The van der Waals surface area contributed by atoms with Gasteiger partial charge in [-0.1, -0.05) is 18.2 Å². The molecule has 15 heavy (non-hydrogen) atoms. The Hall–Kier alpha value is -1.51. The lowest BCUT2D eigenvalue weighted by Gasteiger charge is -2.23. The van der Waals surface area contributed by atoms with Crippen molar-refractivity contribution in [2.45, 2.75) is 26.3 Å². The highest BCUT2D eigenvalue weighted by Gasteiger charge is 2.36. The predicted octanol–water partition coefficient (Wildman–Crippen LogP) is 1.84. The second-order valence-corrected chi connectivity index (χ2v) is 4.52. The largest absolute Gasteiger partial charge is 0.481 e. The number of fused-ring (bicyclic) bond motifs is 1. The molecule has 0 aromatic heterocycles. The van der Waals surface area contributed by atoms with Crippen LogP contribution in [0, 0.1) is 5.41 Å². The first-order chi connectivity index (χ1) is 7.01. The quantitative estimate of drug-likeness (QED) is 0.723. The van der Waals surface area contributed by atoms with Crippen molar-refractivity contribution in [3.63, 3.8) is 0 Å². The van der Waals surface area contributed by atoms with E-state index in [1.54, 1.807) is 13.8 Å². The molecule has 1 aliphatic carbocycles. The zero-order valence-corrected chi connectivity index (χ0v) is 8.95. The molecule has 3 nitrogen and oxygen atoms in total. The fourth-order valence-corrected chi connectivity index (χ4v) is 1.81. The molecule has 80 valence electrons. The van der Waals surface area contributed by atoms with Crippen LogP contribution >= 0.6 is 0 Å². The van der Waals surface area contributed by atoms with Crippen LogP contribution in [0.2, 0.25) is 0 Å². The Morgan fingerprint density at radius 2 is 2.33 bits per heavy atom. The zero-order valence-electron chi connectivity index (χ0n) is 8.95. The third-order valence-electron chi connectivity index (χ3n) is 3.05. The molecule has 2 rings (SSSR count). The third-order valence-corrected chi connectivity index (χ3v) is 3.05. The standard InChI is InChI=1S/C12H15NO2/c1-12(2,11(14)15)10-7-8-5-3-4-6-9(8)13-10/h3-5,7,9,13H,6H2,1-2H3,(H,14,15). The number of carboxylic acids is 1. The second-order valence-electron chi connectivity index (χ2n) is 4.52. The third kappa shape index (κ3) is 1.58. The van der Waals surface area contributed by atoms with E-state index in [2.05, 4.69) is 11.4 Å². The molecule has 1 atom stereocenters. The van der Waals surface area contributed by atoms with E-state index in [-0.39, 0.29) is 6.04 Å². The molecular weight excluding hydrogens is 190 g/mol. The first-order valence-corrected chi connectivity index (χ1v) is 5.10. The Kier molecular flexibility index (Phi) is 2.18. The van der Waals surface area contributed by atoms with Gasteiger partial charge in [0.15, 0.2) is 0 Å². The van der Waals surface area contributed by atoms with Gasteiger partial charge in [0.25, 0.3) is 0 Å². The van der Waals surface area contributed by atoms with Gasteiger partial charge in [-0.3, -0.25) is 4.79 Å². The van der Waals surface area contributed by atoms with E-state index in [0.717, 1.165) is 12.1 Å². The second kappa shape index (κ2) is 3.26. The van der Waals surface area contributed by atoms with Gasteiger partial charge in [0.2, 0.25) is 0 Å². The molecule has 1 unspecified atom stereocenters. The molecule has 2 aliphatic rings. The summed E-state index contributed by atoms with van der Waals surface area (Å²) in [6.45, 7) is 3.44. The normalized spacial score (nSPS) is 24.0. The minimum absolute atomic E-state index is 0.267. The van der Waals surface area contributed by atoms with Gasteiger partial charge in [-0.25, -0.2) is 0 Å². The van der Waals surface area contributed by atoms with Crippen LogP contribution in [0.25, 0.3) is 0 Å². The average molecular weight is 205 g/mol. The maximum Gasteiger partial charge on any atom is 0.315 e. The number of rotatable bonds is 2. The predicted molar refractivity (Wildman–Crippen MR) is 58.3 cm³/mol. The SMILES string of the molecule is CC(C)(C(=O)O)C1=CC2=CC=CCC2N1. The van der Waals surface area contributed by atoms with Gasteiger partial charge in [-0.15, -0.1) is 0 Å². The first-order valence-electron chi connectivity index (χ1n) is 5.10. The molecule has 0 radical (unpaired) electrons. The molecule has 0 aromatic rings. The van der Waals surface area contributed by atoms with Crippen LogP contribution in [0.1, 0.15) is 20.3 Å². The number of carboxylic acid groups (broad SMARTS) is 1. The van der Waals surface area contributed by atoms with E-state index in [9.17, 15) is 4.79 Å². The molecule has 3 heteroatoms. The molecule has 0 saturated carbocycles. The van der Waals surface area contributed by atoms with E-state index in [4.69, 9.17) is 5.11 Å². The van der Waals surface area contributed by atoms with Crippen LogP contribution in [0.4, 0.5) is 0 Å². The van der Waals surface area contributed by atoms with Crippen molar-refractivity contribution in [3.8, 4) is 0 Å². The van der Waals surface area contributed by atoms with Crippen molar-refractivity contribution >= 4 is 5.97 Å². The Morgan fingerprint density at radius 3 is 2.93 bits per heavy atom. The summed E-state index contributed by atoms with van der Waals surface area (Å²) in [6, 6.07) is 0.267. The fourth-order valence-electron chi connectivity index (χ4n) is 1.81.